The number of likely N-dealkylation sites (tertiary alicyclic amines) is 1. The molecule has 4 rings (SSSR count). The van der Waals surface area contributed by atoms with Crippen molar-refractivity contribution in [1.82, 2.24) is 10.2 Å². The van der Waals surface area contributed by atoms with E-state index in [1.54, 1.807) is 24.3 Å². The molecule has 1 fully saturated rings. The Kier molecular flexibility index (Phi) is 8.74. The van der Waals surface area contributed by atoms with Crippen LogP contribution in [-0.2, 0) is 27.9 Å². The number of nitrogens with one attached hydrogen (secondary N) is 1. The molecule has 3 aromatic carbocycles. The van der Waals surface area contributed by atoms with Crippen LogP contribution < -0.4 is 14.4 Å². The number of rotatable bonds is 10. The average Bonchev–Trinajstić information content (AvgIpc) is 3.39. The molecule has 9 heteroatoms. The molecule has 0 unspecified atom stereocenters. The molecule has 0 spiro atoms. The Hall–Kier alpha value is -3.07. The lowest BCUT2D eigenvalue weighted by Crippen LogP contribution is -2.40. The maximum Gasteiger partial charge on any atom is 0.264 e. The molecule has 0 radical (unpaired) electrons. The zero-order valence-electron chi connectivity index (χ0n) is 21.1. The highest BCUT2D eigenvalue weighted by molar-refractivity contribution is 7.92. The van der Waals surface area contributed by atoms with Crippen molar-refractivity contribution in [2.24, 2.45) is 0 Å². The summed E-state index contributed by atoms with van der Waals surface area (Å²) in [6, 6.07) is 19.3. The van der Waals surface area contributed by atoms with Gasteiger partial charge in [-0.15, -0.1) is 0 Å². The molecule has 1 aliphatic heterocycles. The monoisotopic (exact) mass is 541 g/mol. The van der Waals surface area contributed by atoms with Crippen LogP contribution in [0.2, 0.25) is 5.02 Å². The Balaban J connectivity index is 1.51. The smallest absolute Gasteiger partial charge is 0.264 e. The molecule has 0 atom stereocenters. The first kappa shape index (κ1) is 27.0. The number of benzene rings is 3. The number of hydrogen-bond acceptors (Lipinski definition) is 5. The van der Waals surface area contributed by atoms with Crippen molar-refractivity contribution in [3.8, 4) is 5.75 Å². The van der Waals surface area contributed by atoms with Crippen LogP contribution >= 0.6 is 11.6 Å². The van der Waals surface area contributed by atoms with Crippen LogP contribution in [0.1, 0.15) is 29.5 Å². The van der Waals surface area contributed by atoms with E-state index in [4.69, 9.17) is 16.3 Å². The van der Waals surface area contributed by atoms with E-state index in [1.165, 1.54) is 43.7 Å². The Morgan fingerprint density at radius 1 is 1.03 bits per heavy atom. The molecule has 1 saturated heterocycles. The molecule has 196 valence electrons. The summed E-state index contributed by atoms with van der Waals surface area (Å²) in [5, 5.41) is 3.12. The lowest BCUT2D eigenvalue weighted by atomic mass is 10.1. The van der Waals surface area contributed by atoms with Crippen molar-refractivity contribution in [1.29, 1.82) is 0 Å². The molecule has 0 saturated carbocycles. The zero-order chi connectivity index (χ0) is 26.4. The Labute approximate surface area is 224 Å². The predicted molar refractivity (Wildman–Crippen MR) is 147 cm³/mol. The molecule has 0 aliphatic carbocycles. The van der Waals surface area contributed by atoms with Gasteiger partial charge < -0.3 is 10.1 Å². The minimum atomic E-state index is -4.04. The van der Waals surface area contributed by atoms with Crippen molar-refractivity contribution in [2.45, 2.75) is 37.8 Å². The predicted octanol–water partition coefficient (Wildman–Crippen LogP) is 4.76. The third-order valence-corrected chi connectivity index (χ3v) is 8.49. The van der Waals surface area contributed by atoms with Gasteiger partial charge in [-0.25, -0.2) is 8.42 Å². The maximum absolute atomic E-state index is 13.6. The molecule has 1 N–H and O–H groups in total. The first-order valence-electron chi connectivity index (χ1n) is 12.3. The van der Waals surface area contributed by atoms with Crippen molar-refractivity contribution in [2.75, 3.05) is 31.0 Å². The van der Waals surface area contributed by atoms with Gasteiger partial charge in [-0.2, -0.15) is 0 Å². The fraction of sp³-hybridized carbons (Fsp3) is 0.321. The van der Waals surface area contributed by atoms with Crippen molar-refractivity contribution >= 4 is 33.2 Å². The summed E-state index contributed by atoms with van der Waals surface area (Å²) in [6.07, 6.45) is 2.47. The molecule has 7 nitrogen and oxygen atoms in total. The van der Waals surface area contributed by atoms with Crippen LogP contribution in [-0.4, -0.2) is 46.0 Å². The van der Waals surface area contributed by atoms with Gasteiger partial charge >= 0.3 is 0 Å². The minimum Gasteiger partial charge on any atom is -0.495 e. The Morgan fingerprint density at radius 3 is 2.41 bits per heavy atom. The van der Waals surface area contributed by atoms with Gasteiger partial charge in [-0.1, -0.05) is 53.6 Å². The molecule has 37 heavy (non-hydrogen) atoms. The molecule has 1 heterocycles. The van der Waals surface area contributed by atoms with E-state index >= 15 is 0 Å². The SMILES string of the molecule is COc1ccc(N(CC(=O)NCc2cccc(CN3CCCC3)c2)S(=O)(=O)c2ccc(C)cc2)cc1Cl. The summed E-state index contributed by atoms with van der Waals surface area (Å²) in [6.45, 7) is 4.90. The van der Waals surface area contributed by atoms with Crippen LogP contribution in [0.15, 0.2) is 71.6 Å². The normalized spacial score (nSPS) is 13.9. The average molecular weight is 542 g/mol. The summed E-state index contributed by atoms with van der Waals surface area (Å²) in [5.41, 5.74) is 3.37. The number of amides is 1. The standard InChI is InChI=1S/C28H32ClN3O4S/c1-21-8-11-25(12-9-21)37(34,35)32(24-10-13-27(36-2)26(29)17-24)20-28(33)30-18-22-6-5-7-23(16-22)19-31-14-3-4-15-31/h5-13,16-17H,3-4,14-15,18-20H2,1-2H3,(H,30,33). The van der Waals surface area contributed by atoms with Gasteiger partial charge in [0.05, 0.1) is 22.7 Å². The second kappa shape index (κ2) is 12.0. The minimum absolute atomic E-state index is 0.0902. The molecule has 1 aliphatic rings. The number of halogens is 1. The van der Waals surface area contributed by atoms with E-state index in [-0.39, 0.29) is 15.6 Å². The van der Waals surface area contributed by atoms with E-state index in [2.05, 4.69) is 22.3 Å². The molecule has 0 bridgehead atoms. The second-order valence-corrected chi connectivity index (χ2v) is 11.5. The number of ether oxygens (including phenoxy) is 1. The van der Waals surface area contributed by atoms with Gasteiger partial charge in [0.15, 0.2) is 0 Å². The third-order valence-electron chi connectivity index (χ3n) is 6.41. The summed E-state index contributed by atoms with van der Waals surface area (Å²) < 4.78 is 33.5. The number of carbonyl (C=O) groups excluding carboxylic acids is 1. The number of hydrogen-bond donors (Lipinski definition) is 1. The van der Waals surface area contributed by atoms with Gasteiger partial charge in [0.1, 0.15) is 12.3 Å². The fourth-order valence-corrected chi connectivity index (χ4v) is 6.05. The number of methoxy groups -OCH3 is 1. The Morgan fingerprint density at radius 2 is 1.73 bits per heavy atom. The summed E-state index contributed by atoms with van der Waals surface area (Å²) in [5.74, 6) is -0.0102. The van der Waals surface area contributed by atoms with Gasteiger partial charge in [-0.05, 0) is 74.3 Å². The third kappa shape index (κ3) is 6.83. The van der Waals surface area contributed by atoms with E-state index in [0.717, 1.165) is 35.1 Å². The van der Waals surface area contributed by atoms with Crippen molar-refractivity contribution in [3.05, 3.63) is 88.4 Å². The number of sulfonamides is 1. The maximum atomic E-state index is 13.6. The van der Waals surface area contributed by atoms with Crippen molar-refractivity contribution in [3.63, 3.8) is 0 Å². The molecular weight excluding hydrogens is 510 g/mol. The van der Waals surface area contributed by atoms with E-state index in [0.29, 0.717) is 12.3 Å². The highest BCUT2D eigenvalue weighted by atomic mass is 35.5. The highest BCUT2D eigenvalue weighted by Crippen LogP contribution is 2.32. The second-order valence-electron chi connectivity index (χ2n) is 9.22. The lowest BCUT2D eigenvalue weighted by Gasteiger charge is -2.24. The number of aryl methyl sites for hydroxylation is 1. The van der Waals surface area contributed by atoms with Crippen LogP contribution in [0.4, 0.5) is 5.69 Å². The van der Waals surface area contributed by atoms with Gasteiger partial charge in [0, 0.05) is 13.1 Å². The zero-order valence-corrected chi connectivity index (χ0v) is 22.7. The van der Waals surface area contributed by atoms with Gasteiger partial charge in [0.2, 0.25) is 5.91 Å². The first-order chi connectivity index (χ1) is 17.8. The number of carbonyl (C=O) groups is 1. The van der Waals surface area contributed by atoms with Crippen LogP contribution in [0.25, 0.3) is 0 Å². The largest absolute Gasteiger partial charge is 0.495 e. The van der Waals surface area contributed by atoms with E-state index in [9.17, 15) is 13.2 Å². The lowest BCUT2D eigenvalue weighted by molar-refractivity contribution is -0.119. The highest BCUT2D eigenvalue weighted by Gasteiger charge is 2.28. The quantitative estimate of drug-likeness (QED) is 0.400. The summed E-state index contributed by atoms with van der Waals surface area (Å²) in [4.78, 5) is 15.5. The van der Waals surface area contributed by atoms with E-state index in [1.807, 2.05) is 19.1 Å². The van der Waals surface area contributed by atoms with E-state index < -0.39 is 22.5 Å². The molecule has 0 aromatic heterocycles. The number of nitrogens with zero attached hydrogens (tertiary/aromatic N) is 2. The van der Waals surface area contributed by atoms with Gasteiger partial charge in [0.25, 0.3) is 10.0 Å². The van der Waals surface area contributed by atoms with Gasteiger partial charge in [-0.3, -0.25) is 14.0 Å². The van der Waals surface area contributed by atoms with Crippen LogP contribution in [0.3, 0.4) is 0 Å². The number of anilines is 1. The van der Waals surface area contributed by atoms with Crippen molar-refractivity contribution < 1.29 is 17.9 Å². The van der Waals surface area contributed by atoms with Crippen LogP contribution in [0, 0.1) is 6.92 Å². The fourth-order valence-electron chi connectivity index (χ4n) is 4.39. The molecular formula is C28H32ClN3O4S. The van der Waals surface area contributed by atoms with Crippen LogP contribution in [0.5, 0.6) is 5.75 Å². The first-order valence-corrected chi connectivity index (χ1v) is 14.1. The molecule has 3 aromatic rings. The Bertz CT molecular complexity index is 1340. The summed E-state index contributed by atoms with van der Waals surface area (Å²) in [7, 11) is -2.56. The topological polar surface area (TPSA) is 79.0 Å². The molecule has 1 amide bonds. The summed E-state index contributed by atoms with van der Waals surface area (Å²) >= 11 is 6.29.